The number of pyridine rings is 1. The van der Waals surface area contributed by atoms with Crippen LogP contribution in [0.3, 0.4) is 0 Å². The minimum absolute atomic E-state index is 0.121. The minimum atomic E-state index is -0.471. The third kappa shape index (κ3) is 3.44. The molecule has 1 heterocycles. The number of likely N-dealkylation sites (N-methyl/N-ethyl adjacent to an activating group) is 1. The van der Waals surface area contributed by atoms with E-state index >= 15 is 0 Å². The fourth-order valence-corrected chi connectivity index (χ4v) is 1.43. The van der Waals surface area contributed by atoms with Crippen molar-refractivity contribution in [3.05, 3.63) is 24.0 Å². The van der Waals surface area contributed by atoms with Gasteiger partial charge in [-0.25, -0.2) is 0 Å². The third-order valence-electron chi connectivity index (χ3n) is 2.32. The van der Waals surface area contributed by atoms with Crippen LogP contribution in [0.1, 0.15) is 24.2 Å². The second-order valence-corrected chi connectivity index (χ2v) is 3.52. The van der Waals surface area contributed by atoms with Crippen molar-refractivity contribution in [3.8, 4) is 5.75 Å². The number of hydrogen-bond donors (Lipinski definition) is 1. The zero-order chi connectivity index (χ0) is 13.5. The summed E-state index contributed by atoms with van der Waals surface area (Å²) < 4.78 is 4.78. The number of carbonyl (C=O) groups is 2. The Hall–Kier alpha value is -2.11. The normalized spacial score (nSPS) is 9.89. The Kier molecular flexibility index (Phi) is 5.10. The molecule has 0 saturated carbocycles. The van der Waals surface area contributed by atoms with Crippen LogP contribution in [0.15, 0.2) is 18.5 Å². The highest BCUT2D eigenvalue weighted by atomic mass is 16.5. The summed E-state index contributed by atoms with van der Waals surface area (Å²) in [7, 11) is 0. The van der Waals surface area contributed by atoms with E-state index in [-0.39, 0.29) is 24.5 Å². The standard InChI is InChI=1S/C12H16N2O4/c1-3-14(8-11(16)18-4-2)12(17)9-5-6-13-7-10(9)15/h5-7,15H,3-4,8H2,1-2H3. The fraction of sp³-hybridized carbons (Fsp3) is 0.417. The number of esters is 1. The van der Waals surface area contributed by atoms with Gasteiger partial charge in [0.15, 0.2) is 0 Å². The largest absolute Gasteiger partial charge is 0.505 e. The number of aromatic hydroxyl groups is 1. The summed E-state index contributed by atoms with van der Waals surface area (Å²) in [4.78, 5) is 28.4. The van der Waals surface area contributed by atoms with Gasteiger partial charge in [0, 0.05) is 12.7 Å². The summed E-state index contributed by atoms with van der Waals surface area (Å²) >= 11 is 0. The lowest BCUT2D eigenvalue weighted by atomic mass is 10.2. The Morgan fingerprint density at radius 2 is 2.17 bits per heavy atom. The Morgan fingerprint density at radius 3 is 2.72 bits per heavy atom. The second-order valence-electron chi connectivity index (χ2n) is 3.52. The molecular formula is C12H16N2O4. The van der Waals surface area contributed by atoms with Gasteiger partial charge in [-0.1, -0.05) is 0 Å². The topological polar surface area (TPSA) is 79.7 Å². The summed E-state index contributed by atoms with van der Waals surface area (Å²) in [6, 6.07) is 1.41. The molecule has 1 aromatic rings. The summed E-state index contributed by atoms with van der Waals surface area (Å²) in [5.41, 5.74) is 0.121. The highest BCUT2D eigenvalue weighted by Crippen LogP contribution is 2.16. The monoisotopic (exact) mass is 252 g/mol. The van der Waals surface area contributed by atoms with Crippen LogP contribution in [-0.2, 0) is 9.53 Å². The molecule has 1 N–H and O–H groups in total. The highest BCUT2D eigenvalue weighted by Gasteiger charge is 2.20. The second kappa shape index (κ2) is 6.58. The van der Waals surface area contributed by atoms with E-state index in [4.69, 9.17) is 4.74 Å². The Morgan fingerprint density at radius 1 is 1.44 bits per heavy atom. The Labute approximate surface area is 105 Å². The first-order valence-corrected chi connectivity index (χ1v) is 5.68. The van der Waals surface area contributed by atoms with E-state index in [1.807, 2.05) is 0 Å². The molecule has 0 bridgehead atoms. The summed E-state index contributed by atoms with van der Waals surface area (Å²) in [5.74, 6) is -1.10. The quantitative estimate of drug-likeness (QED) is 0.784. The van der Waals surface area contributed by atoms with Gasteiger partial charge in [-0.15, -0.1) is 0 Å². The van der Waals surface area contributed by atoms with Crippen LogP contribution in [0.4, 0.5) is 0 Å². The van der Waals surface area contributed by atoms with Gasteiger partial charge in [0.05, 0.1) is 18.4 Å². The molecule has 0 aliphatic heterocycles. The highest BCUT2D eigenvalue weighted by molar-refractivity contribution is 5.98. The van der Waals surface area contributed by atoms with E-state index in [0.29, 0.717) is 6.54 Å². The number of aromatic nitrogens is 1. The molecular weight excluding hydrogens is 236 g/mol. The van der Waals surface area contributed by atoms with Crippen molar-refractivity contribution in [2.75, 3.05) is 19.7 Å². The molecule has 1 aromatic heterocycles. The fourth-order valence-electron chi connectivity index (χ4n) is 1.43. The predicted octanol–water partition coefficient (Wildman–Crippen LogP) is 0.812. The van der Waals surface area contributed by atoms with Crippen molar-refractivity contribution in [3.63, 3.8) is 0 Å². The smallest absolute Gasteiger partial charge is 0.325 e. The zero-order valence-corrected chi connectivity index (χ0v) is 10.4. The SMILES string of the molecule is CCOC(=O)CN(CC)C(=O)c1ccncc1O. The van der Waals surface area contributed by atoms with Gasteiger partial charge in [-0.2, -0.15) is 0 Å². The molecule has 0 saturated heterocycles. The zero-order valence-electron chi connectivity index (χ0n) is 10.4. The predicted molar refractivity (Wildman–Crippen MR) is 64.1 cm³/mol. The van der Waals surface area contributed by atoms with Crippen molar-refractivity contribution in [1.29, 1.82) is 0 Å². The lowest BCUT2D eigenvalue weighted by Crippen LogP contribution is -2.36. The molecule has 98 valence electrons. The van der Waals surface area contributed by atoms with Crippen LogP contribution in [0, 0.1) is 0 Å². The van der Waals surface area contributed by atoms with E-state index in [1.54, 1.807) is 13.8 Å². The van der Waals surface area contributed by atoms with Crippen LogP contribution in [0.2, 0.25) is 0 Å². The van der Waals surface area contributed by atoms with Crippen LogP contribution in [0.25, 0.3) is 0 Å². The first-order chi connectivity index (χ1) is 8.60. The van der Waals surface area contributed by atoms with Gasteiger partial charge < -0.3 is 14.7 Å². The molecule has 1 rings (SSSR count). The molecule has 18 heavy (non-hydrogen) atoms. The van der Waals surface area contributed by atoms with Crippen LogP contribution < -0.4 is 0 Å². The molecule has 0 spiro atoms. The lowest BCUT2D eigenvalue weighted by molar-refractivity contribution is -0.143. The average molecular weight is 252 g/mol. The van der Waals surface area contributed by atoms with Crippen molar-refractivity contribution in [2.24, 2.45) is 0 Å². The number of carbonyl (C=O) groups excluding carboxylic acids is 2. The molecule has 0 aliphatic rings. The molecule has 0 aromatic carbocycles. The van der Waals surface area contributed by atoms with Crippen LogP contribution in [-0.4, -0.2) is 46.6 Å². The van der Waals surface area contributed by atoms with Gasteiger partial charge >= 0.3 is 5.97 Å². The van der Waals surface area contributed by atoms with Crippen molar-refractivity contribution in [1.82, 2.24) is 9.88 Å². The number of hydrogen-bond acceptors (Lipinski definition) is 5. The summed E-state index contributed by atoms with van der Waals surface area (Å²) in [6.07, 6.45) is 2.59. The average Bonchev–Trinajstić information content (AvgIpc) is 2.36. The summed E-state index contributed by atoms with van der Waals surface area (Å²) in [6.45, 7) is 3.93. The maximum Gasteiger partial charge on any atom is 0.325 e. The molecule has 0 unspecified atom stereocenters. The number of nitrogens with zero attached hydrogens (tertiary/aromatic N) is 2. The van der Waals surface area contributed by atoms with Gasteiger partial charge in [0.25, 0.3) is 5.91 Å². The Bertz CT molecular complexity index is 434. The lowest BCUT2D eigenvalue weighted by Gasteiger charge is -2.20. The molecule has 0 atom stereocenters. The summed E-state index contributed by atoms with van der Waals surface area (Å²) in [5, 5.41) is 9.54. The van der Waals surface area contributed by atoms with Crippen LogP contribution in [0.5, 0.6) is 5.75 Å². The van der Waals surface area contributed by atoms with Gasteiger partial charge in [-0.05, 0) is 19.9 Å². The van der Waals surface area contributed by atoms with Crippen molar-refractivity contribution in [2.45, 2.75) is 13.8 Å². The maximum absolute atomic E-state index is 12.1. The molecule has 1 amide bonds. The maximum atomic E-state index is 12.1. The van der Waals surface area contributed by atoms with E-state index in [0.717, 1.165) is 0 Å². The third-order valence-corrected chi connectivity index (χ3v) is 2.32. The van der Waals surface area contributed by atoms with Gasteiger partial charge in [0.1, 0.15) is 12.3 Å². The van der Waals surface area contributed by atoms with Crippen LogP contribution >= 0.6 is 0 Å². The van der Waals surface area contributed by atoms with Crippen molar-refractivity contribution >= 4 is 11.9 Å². The molecule has 6 heteroatoms. The van der Waals surface area contributed by atoms with E-state index in [1.165, 1.54) is 23.4 Å². The van der Waals surface area contributed by atoms with E-state index in [2.05, 4.69) is 4.98 Å². The first-order valence-electron chi connectivity index (χ1n) is 5.68. The van der Waals surface area contributed by atoms with E-state index < -0.39 is 11.9 Å². The minimum Gasteiger partial charge on any atom is -0.505 e. The molecule has 0 radical (unpaired) electrons. The van der Waals surface area contributed by atoms with Crippen molar-refractivity contribution < 1.29 is 19.4 Å². The molecule has 6 nitrogen and oxygen atoms in total. The Balaban J connectivity index is 2.80. The number of ether oxygens (including phenoxy) is 1. The molecule has 0 fully saturated rings. The number of rotatable bonds is 5. The number of amides is 1. The first kappa shape index (κ1) is 14.0. The molecule has 0 aliphatic carbocycles. The van der Waals surface area contributed by atoms with Gasteiger partial charge in [0.2, 0.25) is 0 Å². The van der Waals surface area contributed by atoms with Gasteiger partial charge in [-0.3, -0.25) is 14.6 Å². The van der Waals surface area contributed by atoms with E-state index in [9.17, 15) is 14.7 Å².